The maximum absolute atomic E-state index is 10.7. The second kappa shape index (κ2) is 3.38. The molecule has 1 aliphatic rings. The topological polar surface area (TPSA) is 76.2 Å². The first-order valence-corrected chi connectivity index (χ1v) is 4.63. The van der Waals surface area contributed by atoms with Crippen LogP contribution < -0.4 is 5.73 Å². The molecule has 1 saturated carbocycles. The summed E-state index contributed by atoms with van der Waals surface area (Å²) in [5, 5.41) is 8.74. The Bertz CT molecular complexity index is 361. The van der Waals surface area contributed by atoms with Crippen molar-refractivity contribution in [3.8, 4) is 0 Å². The fourth-order valence-electron chi connectivity index (χ4n) is 1.50. The number of carbonyl (C=O) groups is 1. The first kappa shape index (κ1) is 9.15. The standard InChI is InChI=1S/C10H12N2O2/c11-9(6-1-2-6)7-3-4-12-8(5-7)10(13)14/h3-6,9H,1-2,11H2,(H,13,14)/t9-/m1/s1. The fraction of sp³-hybridized carbons (Fsp3) is 0.400. The van der Waals surface area contributed by atoms with E-state index in [-0.39, 0.29) is 11.7 Å². The largest absolute Gasteiger partial charge is 0.477 e. The zero-order valence-corrected chi connectivity index (χ0v) is 7.68. The number of carboxylic acid groups (broad SMARTS) is 1. The van der Waals surface area contributed by atoms with Crippen molar-refractivity contribution in [2.24, 2.45) is 11.7 Å². The Morgan fingerprint density at radius 2 is 2.36 bits per heavy atom. The summed E-state index contributed by atoms with van der Waals surface area (Å²) < 4.78 is 0. The predicted molar refractivity (Wildman–Crippen MR) is 50.8 cm³/mol. The van der Waals surface area contributed by atoms with Gasteiger partial charge in [-0.05, 0) is 36.5 Å². The molecule has 0 radical (unpaired) electrons. The number of nitrogens with two attached hydrogens (primary N) is 1. The third kappa shape index (κ3) is 1.75. The molecule has 1 aromatic rings. The van der Waals surface area contributed by atoms with Gasteiger partial charge in [0.05, 0.1) is 0 Å². The number of rotatable bonds is 3. The van der Waals surface area contributed by atoms with Crippen LogP contribution in [-0.2, 0) is 0 Å². The first-order valence-electron chi connectivity index (χ1n) is 4.63. The van der Waals surface area contributed by atoms with E-state index in [1.807, 2.05) is 0 Å². The van der Waals surface area contributed by atoms with Crippen LogP contribution in [-0.4, -0.2) is 16.1 Å². The molecule has 0 aromatic carbocycles. The highest BCUT2D eigenvalue weighted by molar-refractivity contribution is 5.85. The molecular formula is C10H12N2O2. The van der Waals surface area contributed by atoms with Gasteiger partial charge in [0.2, 0.25) is 0 Å². The van der Waals surface area contributed by atoms with Gasteiger partial charge in [0.1, 0.15) is 5.69 Å². The summed E-state index contributed by atoms with van der Waals surface area (Å²) in [5.41, 5.74) is 6.89. The summed E-state index contributed by atoms with van der Waals surface area (Å²) in [5.74, 6) is -0.478. The van der Waals surface area contributed by atoms with Crippen LogP contribution in [0.25, 0.3) is 0 Å². The molecule has 1 fully saturated rings. The molecule has 0 unspecified atom stereocenters. The van der Waals surface area contributed by atoms with E-state index in [9.17, 15) is 4.79 Å². The van der Waals surface area contributed by atoms with Gasteiger partial charge in [0.15, 0.2) is 0 Å². The summed E-state index contributed by atoms with van der Waals surface area (Å²) in [4.78, 5) is 14.4. The molecule has 0 saturated heterocycles. The lowest BCUT2D eigenvalue weighted by Crippen LogP contribution is -2.13. The fourth-order valence-corrected chi connectivity index (χ4v) is 1.50. The van der Waals surface area contributed by atoms with Gasteiger partial charge in [-0.25, -0.2) is 9.78 Å². The lowest BCUT2D eigenvalue weighted by atomic mass is 10.0. The van der Waals surface area contributed by atoms with E-state index in [2.05, 4.69) is 4.98 Å². The normalized spacial score (nSPS) is 17.8. The highest BCUT2D eigenvalue weighted by Crippen LogP contribution is 2.39. The highest BCUT2D eigenvalue weighted by Gasteiger charge is 2.29. The van der Waals surface area contributed by atoms with Crippen LogP contribution in [0.3, 0.4) is 0 Å². The van der Waals surface area contributed by atoms with Crippen LogP contribution in [0.5, 0.6) is 0 Å². The van der Waals surface area contributed by atoms with Crippen LogP contribution >= 0.6 is 0 Å². The van der Waals surface area contributed by atoms with Gasteiger partial charge in [0, 0.05) is 12.2 Å². The van der Waals surface area contributed by atoms with Crippen molar-refractivity contribution in [1.82, 2.24) is 4.98 Å². The maximum Gasteiger partial charge on any atom is 0.354 e. The third-order valence-corrected chi connectivity index (χ3v) is 2.52. The molecule has 2 rings (SSSR count). The average Bonchev–Trinajstić information content (AvgIpc) is 3.00. The Morgan fingerprint density at radius 3 is 2.93 bits per heavy atom. The Kier molecular flexibility index (Phi) is 2.21. The molecule has 3 N–H and O–H groups in total. The molecule has 4 heteroatoms. The number of hydrogen-bond donors (Lipinski definition) is 2. The van der Waals surface area contributed by atoms with E-state index < -0.39 is 5.97 Å². The van der Waals surface area contributed by atoms with E-state index >= 15 is 0 Å². The molecule has 74 valence electrons. The van der Waals surface area contributed by atoms with Crippen molar-refractivity contribution in [2.45, 2.75) is 18.9 Å². The molecule has 1 aromatic heterocycles. The maximum atomic E-state index is 10.7. The van der Waals surface area contributed by atoms with Crippen molar-refractivity contribution in [2.75, 3.05) is 0 Å². The second-order valence-corrected chi connectivity index (χ2v) is 3.64. The highest BCUT2D eigenvalue weighted by atomic mass is 16.4. The summed E-state index contributed by atoms with van der Waals surface area (Å²) >= 11 is 0. The van der Waals surface area contributed by atoms with Gasteiger partial charge >= 0.3 is 5.97 Å². The zero-order valence-electron chi connectivity index (χ0n) is 7.68. The minimum atomic E-state index is -1.00. The Labute approximate surface area is 81.8 Å². The zero-order chi connectivity index (χ0) is 10.1. The predicted octanol–water partition coefficient (Wildman–Crippen LogP) is 1.19. The molecule has 4 nitrogen and oxygen atoms in total. The lowest BCUT2D eigenvalue weighted by Gasteiger charge is -2.10. The molecule has 0 amide bonds. The minimum Gasteiger partial charge on any atom is -0.477 e. The van der Waals surface area contributed by atoms with Crippen LogP contribution in [0.2, 0.25) is 0 Å². The van der Waals surface area contributed by atoms with Crippen LogP contribution in [0.1, 0.15) is 34.9 Å². The van der Waals surface area contributed by atoms with E-state index in [0.717, 1.165) is 18.4 Å². The number of hydrogen-bond acceptors (Lipinski definition) is 3. The Balaban J connectivity index is 2.24. The molecule has 1 atom stereocenters. The molecule has 0 bridgehead atoms. The molecule has 0 spiro atoms. The quantitative estimate of drug-likeness (QED) is 0.754. The Hall–Kier alpha value is -1.42. The van der Waals surface area contributed by atoms with E-state index in [1.165, 1.54) is 6.20 Å². The third-order valence-electron chi connectivity index (χ3n) is 2.52. The van der Waals surface area contributed by atoms with Crippen molar-refractivity contribution in [1.29, 1.82) is 0 Å². The first-order chi connectivity index (χ1) is 6.68. The van der Waals surface area contributed by atoms with E-state index in [0.29, 0.717) is 5.92 Å². The van der Waals surface area contributed by atoms with Gasteiger partial charge < -0.3 is 10.8 Å². The number of carboxylic acids is 1. The number of aromatic nitrogens is 1. The summed E-state index contributed by atoms with van der Waals surface area (Å²) in [6.45, 7) is 0. The average molecular weight is 192 g/mol. The van der Waals surface area contributed by atoms with Crippen LogP contribution in [0.15, 0.2) is 18.3 Å². The van der Waals surface area contributed by atoms with E-state index in [4.69, 9.17) is 10.8 Å². The summed E-state index contributed by atoms with van der Waals surface area (Å²) in [6.07, 6.45) is 3.79. The van der Waals surface area contributed by atoms with Crippen LogP contribution in [0.4, 0.5) is 0 Å². The number of aromatic carboxylic acids is 1. The van der Waals surface area contributed by atoms with Crippen molar-refractivity contribution in [3.05, 3.63) is 29.6 Å². The number of pyridine rings is 1. The summed E-state index contributed by atoms with van der Waals surface area (Å²) in [6, 6.07) is 3.32. The SMILES string of the molecule is N[C@@H](c1ccnc(C(=O)O)c1)C1CC1. The molecule has 1 aliphatic carbocycles. The monoisotopic (exact) mass is 192 g/mol. The molecule has 14 heavy (non-hydrogen) atoms. The molecule has 1 heterocycles. The van der Waals surface area contributed by atoms with Gasteiger partial charge in [0.25, 0.3) is 0 Å². The van der Waals surface area contributed by atoms with E-state index in [1.54, 1.807) is 12.1 Å². The van der Waals surface area contributed by atoms with Gasteiger partial charge in [-0.2, -0.15) is 0 Å². The number of nitrogens with zero attached hydrogens (tertiary/aromatic N) is 1. The van der Waals surface area contributed by atoms with Crippen molar-refractivity contribution < 1.29 is 9.90 Å². The van der Waals surface area contributed by atoms with Gasteiger partial charge in [-0.3, -0.25) is 0 Å². The van der Waals surface area contributed by atoms with Gasteiger partial charge in [-0.15, -0.1) is 0 Å². The Morgan fingerprint density at radius 1 is 1.64 bits per heavy atom. The minimum absolute atomic E-state index is 0.0314. The van der Waals surface area contributed by atoms with Crippen LogP contribution in [0, 0.1) is 5.92 Å². The van der Waals surface area contributed by atoms with Crippen molar-refractivity contribution >= 4 is 5.97 Å². The van der Waals surface area contributed by atoms with Crippen molar-refractivity contribution in [3.63, 3.8) is 0 Å². The smallest absolute Gasteiger partial charge is 0.354 e. The second-order valence-electron chi connectivity index (χ2n) is 3.64. The summed E-state index contributed by atoms with van der Waals surface area (Å²) in [7, 11) is 0. The molecule has 0 aliphatic heterocycles. The molecular weight excluding hydrogens is 180 g/mol. The van der Waals surface area contributed by atoms with Gasteiger partial charge in [-0.1, -0.05) is 0 Å². The lowest BCUT2D eigenvalue weighted by molar-refractivity contribution is 0.0690.